The lowest BCUT2D eigenvalue weighted by molar-refractivity contribution is 0.103. The molecule has 16 heavy (non-hydrogen) atoms. The topological polar surface area (TPSA) is 29.4 Å². The van der Waals surface area contributed by atoms with Gasteiger partial charge in [0.05, 0.1) is 0 Å². The van der Waals surface area contributed by atoms with Crippen LogP contribution < -0.4 is 0 Å². The van der Waals surface area contributed by atoms with Crippen molar-refractivity contribution in [3.8, 4) is 0 Å². The SMILES string of the molecule is Cc1cccc(C(=O)C2=CC=CCC=N2)c1. The summed E-state index contributed by atoms with van der Waals surface area (Å²) < 4.78 is 0. The summed E-state index contributed by atoms with van der Waals surface area (Å²) in [5.74, 6) is -0.0218. The number of allylic oxidation sites excluding steroid dienone is 4. The van der Waals surface area contributed by atoms with Crippen molar-refractivity contribution >= 4 is 12.0 Å². The average molecular weight is 211 g/mol. The van der Waals surface area contributed by atoms with Crippen molar-refractivity contribution in [1.82, 2.24) is 0 Å². The Labute approximate surface area is 95.0 Å². The van der Waals surface area contributed by atoms with Crippen LogP contribution in [-0.2, 0) is 0 Å². The van der Waals surface area contributed by atoms with Gasteiger partial charge >= 0.3 is 0 Å². The molecule has 1 heterocycles. The molecular formula is C14H13NO. The number of carbonyl (C=O) groups excluding carboxylic acids is 1. The van der Waals surface area contributed by atoms with Crippen LogP contribution >= 0.6 is 0 Å². The Morgan fingerprint density at radius 1 is 1.38 bits per heavy atom. The van der Waals surface area contributed by atoms with Crippen LogP contribution in [0.4, 0.5) is 0 Å². The molecule has 0 aliphatic carbocycles. The lowest BCUT2D eigenvalue weighted by Gasteiger charge is -2.01. The average Bonchev–Trinajstić information content (AvgIpc) is 2.56. The van der Waals surface area contributed by atoms with Crippen molar-refractivity contribution in [3.05, 3.63) is 59.3 Å². The van der Waals surface area contributed by atoms with Crippen LogP contribution in [0.2, 0.25) is 0 Å². The molecule has 0 saturated carbocycles. The number of rotatable bonds is 2. The minimum Gasteiger partial charge on any atom is -0.287 e. The Hall–Kier alpha value is -1.96. The molecule has 1 aromatic carbocycles. The van der Waals surface area contributed by atoms with Gasteiger partial charge in [0.1, 0.15) is 5.70 Å². The Balaban J connectivity index is 2.32. The van der Waals surface area contributed by atoms with E-state index < -0.39 is 0 Å². The van der Waals surface area contributed by atoms with Crippen molar-refractivity contribution < 1.29 is 4.79 Å². The van der Waals surface area contributed by atoms with Gasteiger partial charge in [-0.05, 0) is 19.1 Å². The first kappa shape index (κ1) is 10.6. The molecule has 0 amide bonds. The lowest BCUT2D eigenvalue weighted by Crippen LogP contribution is -2.01. The van der Waals surface area contributed by atoms with Crippen LogP contribution in [0.25, 0.3) is 0 Å². The highest BCUT2D eigenvalue weighted by Crippen LogP contribution is 2.12. The zero-order valence-electron chi connectivity index (χ0n) is 9.18. The van der Waals surface area contributed by atoms with Crippen LogP contribution in [0.5, 0.6) is 0 Å². The Morgan fingerprint density at radius 3 is 3.06 bits per heavy atom. The van der Waals surface area contributed by atoms with Crippen molar-refractivity contribution in [2.75, 3.05) is 0 Å². The van der Waals surface area contributed by atoms with Gasteiger partial charge in [0.25, 0.3) is 0 Å². The number of nitrogens with zero attached hydrogens (tertiary/aromatic N) is 1. The summed E-state index contributed by atoms with van der Waals surface area (Å²) in [7, 11) is 0. The molecule has 1 aliphatic rings. The maximum atomic E-state index is 12.1. The van der Waals surface area contributed by atoms with E-state index in [-0.39, 0.29) is 5.78 Å². The van der Waals surface area contributed by atoms with Gasteiger partial charge < -0.3 is 0 Å². The lowest BCUT2D eigenvalue weighted by atomic mass is 10.1. The van der Waals surface area contributed by atoms with Gasteiger partial charge in [-0.15, -0.1) is 0 Å². The van der Waals surface area contributed by atoms with Gasteiger partial charge in [0, 0.05) is 18.2 Å². The van der Waals surface area contributed by atoms with Crippen LogP contribution in [0, 0.1) is 6.92 Å². The molecule has 0 unspecified atom stereocenters. The van der Waals surface area contributed by atoms with E-state index in [0.717, 1.165) is 12.0 Å². The quantitative estimate of drug-likeness (QED) is 0.691. The molecule has 0 N–H and O–H groups in total. The first-order valence-corrected chi connectivity index (χ1v) is 5.28. The predicted octanol–water partition coefficient (Wildman–Crippen LogP) is 3.09. The standard InChI is InChI=1S/C14H13NO/c1-11-6-5-7-12(10-11)14(16)13-8-3-2-4-9-15-13/h2-3,5-10H,4H2,1H3. The van der Waals surface area contributed by atoms with E-state index in [9.17, 15) is 4.79 Å². The van der Waals surface area contributed by atoms with Gasteiger partial charge in [-0.1, -0.05) is 35.9 Å². The van der Waals surface area contributed by atoms with Crippen LogP contribution in [0.1, 0.15) is 22.3 Å². The van der Waals surface area contributed by atoms with E-state index in [2.05, 4.69) is 4.99 Å². The summed E-state index contributed by atoms with van der Waals surface area (Å²) in [6.07, 6.45) is 8.13. The summed E-state index contributed by atoms with van der Waals surface area (Å²) in [5, 5.41) is 0. The summed E-state index contributed by atoms with van der Waals surface area (Å²) in [6, 6.07) is 7.56. The van der Waals surface area contributed by atoms with E-state index in [1.165, 1.54) is 0 Å². The van der Waals surface area contributed by atoms with E-state index in [0.29, 0.717) is 11.3 Å². The van der Waals surface area contributed by atoms with Crippen molar-refractivity contribution in [1.29, 1.82) is 0 Å². The predicted molar refractivity (Wildman–Crippen MR) is 65.8 cm³/mol. The number of aryl methyl sites for hydroxylation is 1. The summed E-state index contributed by atoms with van der Waals surface area (Å²) in [6.45, 7) is 1.97. The Bertz CT molecular complexity index is 495. The fraction of sp³-hybridized carbons (Fsp3) is 0.143. The first-order chi connectivity index (χ1) is 7.77. The molecule has 2 rings (SSSR count). The molecule has 0 spiro atoms. The number of hydrogen-bond donors (Lipinski definition) is 0. The molecule has 1 aliphatic heterocycles. The van der Waals surface area contributed by atoms with E-state index in [1.807, 2.05) is 43.3 Å². The fourth-order valence-corrected chi connectivity index (χ4v) is 1.56. The zero-order valence-corrected chi connectivity index (χ0v) is 9.18. The molecule has 0 saturated heterocycles. The van der Waals surface area contributed by atoms with Crippen LogP contribution in [0.3, 0.4) is 0 Å². The third-order valence-electron chi connectivity index (χ3n) is 2.37. The van der Waals surface area contributed by atoms with Crippen molar-refractivity contribution in [2.24, 2.45) is 4.99 Å². The largest absolute Gasteiger partial charge is 0.287 e. The first-order valence-electron chi connectivity index (χ1n) is 5.28. The number of Topliss-reactive ketones (excluding diaryl/α,β-unsaturated/α-hetero) is 1. The van der Waals surface area contributed by atoms with Crippen molar-refractivity contribution in [2.45, 2.75) is 13.3 Å². The Kier molecular flexibility index (Phi) is 3.10. The Morgan fingerprint density at radius 2 is 2.25 bits per heavy atom. The molecular weight excluding hydrogens is 198 g/mol. The van der Waals surface area contributed by atoms with E-state index in [4.69, 9.17) is 0 Å². The van der Waals surface area contributed by atoms with Crippen LogP contribution in [0.15, 0.2) is 53.2 Å². The monoisotopic (exact) mass is 211 g/mol. The molecule has 0 aromatic heterocycles. The minimum atomic E-state index is -0.0218. The molecule has 0 radical (unpaired) electrons. The maximum absolute atomic E-state index is 12.1. The summed E-state index contributed by atoms with van der Waals surface area (Å²) in [5.41, 5.74) is 2.28. The normalized spacial score (nSPS) is 14.4. The third kappa shape index (κ3) is 2.34. The van der Waals surface area contributed by atoms with Gasteiger partial charge in [0.15, 0.2) is 0 Å². The van der Waals surface area contributed by atoms with E-state index >= 15 is 0 Å². The highest BCUT2D eigenvalue weighted by atomic mass is 16.1. The molecule has 1 aromatic rings. The number of carbonyl (C=O) groups is 1. The molecule has 0 bridgehead atoms. The molecule has 2 nitrogen and oxygen atoms in total. The molecule has 80 valence electrons. The second-order valence-corrected chi connectivity index (χ2v) is 3.73. The summed E-state index contributed by atoms with van der Waals surface area (Å²) in [4.78, 5) is 16.2. The highest BCUT2D eigenvalue weighted by molar-refractivity contribution is 6.09. The van der Waals surface area contributed by atoms with Gasteiger partial charge in [0.2, 0.25) is 5.78 Å². The maximum Gasteiger partial charge on any atom is 0.211 e. The summed E-state index contributed by atoms with van der Waals surface area (Å²) >= 11 is 0. The third-order valence-corrected chi connectivity index (χ3v) is 2.37. The second kappa shape index (κ2) is 4.71. The van der Waals surface area contributed by atoms with Crippen LogP contribution in [-0.4, -0.2) is 12.0 Å². The molecule has 2 heteroatoms. The minimum absolute atomic E-state index is 0.0218. The number of aliphatic imine (C=N–C) groups is 1. The molecule has 0 fully saturated rings. The van der Waals surface area contributed by atoms with Crippen molar-refractivity contribution in [3.63, 3.8) is 0 Å². The van der Waals surface area contributed by atoms with E-state index in [1.54, 1.807) is 12.3 Å². The molecule has 0 atom stereocenters. The smallest absolute Gasteiger partial charge is 0.211 e. The highest BCUT2D eigenvalue weighted by Gasteiger charge is 2.10. The fourth-order valence-electron chi connectivity index (χ4n) is 1.56. The number of ketones is 1. The van der Waals surface area contributed by atoms with Gasteiger partial charge in [-0.25, -0.2) is 0 Å². The zero-order chi connectivity index (χ0) is 11.4. The number of hydrogen-bond acceptors (Lipinski definition) is 2. The van der Waals surface area contributed by atoms with Gasteiger partial charge in [-0.2, -0.15) is 0 Å². The van der Waals surface area contributed by atoms with Gasteiger partial charge in [-0.3, -0.25) is 9.79 Å². The number of benzene rings is 1. The second-order valence-electron chi connectivity index (χ2n) is 3.73.